The lowest BCUT2D eigenvalue weighted by molar-refractivity contribution is 0.399. The van der Waals surface area contributed by atoms with E-state index in [1.54, 1.807) is 0 Å². The summed E-state index contributed by atoms with van der Waals surface area (Å²) in [7, 11) is 0. The molecule has 0 atom stereocenters. The Morgan fingerprint density at radius 2 is 1.83 bits per heavy atom. The van der Waals surface area contributed by atoms with Gasteiger partial charge in [0.15, 0.2) is 0 Å². The van der Waals surface area contributed by atoms with Crippen molar-refractivity contribution in [3.8, 4) is 23.0 Å². The van der Waals surface area contributed by atoms with Crippen LogP contribution in [0.5, 0.6) is 11.9 Å². The van der Waals surface area contributed by atoms with E-state index in [1.165, 1.54) is 24.6 Å². The highest BCUT2D eigenvalue weighted by molar-refractivity contribution is 5.67. The number of hydrogen-bond donors (Lipinski definition) is 2. The Kier molecular flexibility index (Phi) is 3.77. The number of aromatic hydroxyl groups is 2. The van der Waals surface area contributed by atoms with Gasteiger partial charge in [-0.05, 0) is 24.0 Å². The minimum atomic E-state index is -0.421. The molecular weight excluding hydrogens is 228 g/mol. The molecule has 0 fully saturated rings. The molecule has 18 heavy (non-hydrogen) atoms. The second-order valence-electron chi connectivity index (χ2n) is 4.21. The third-order valence-corrected chi connectivity index (χ3v) is 2.84. The van der Waals surface area contributed by atoms with Gasteiger partial charge in [0.1, 0.15) is 0 Å². The molecule has 0 spiro atoms. The third kappa shape index (κ3) is 2.77. The zero-order chi connectivity index (χ0) is 13.0. The molecule has 4 nitrogen and oxygen atoms in total. The number of benzene rings is 1. The van der Waals surface area contributed by atoms with Gasteiger partial charge in [0, 0.05) is 6.20 Å². The highest BCUT2D eigenvalue weighted by Crippen LogP contribution is 2.27. The van der Waals surface area contributed by atoms with Gasteiger partial charge in [-0.2, -0.15) is 4.98 Å². The highest BCUT2D eigenvalue weighted by atomic mass is 16.3. The summed E-state index contributed by atoms with van der Waals surface area (Å²) < 4.78 is 0. The molecule has 1 aromatic carbocycles. The largest absolute Gasteiger partial charge is 0.493 e. The molecule has 0 saturated carbocycles. The van der Waals surface area contributed by atoms with Crippen molar-refractivity contribution in [3.63, 3.8) is 0 Å². The zero-order valence-corrected chi connectivity index (χ0v) is 10.3. The van der Waals surface area contributed by atoms with Gasteiger partial charge in [0.05, 0.1) is 5.56 Å². The fourth-order valence-electron chi connectivity index (χ4n) is 1.80. The van der Waals surface area contributed by atoms with Crippen molar-refractivity contribution in [1.29, 1.82) is 0 Å². The first kappa shape index (κ1) is 12.4. The summed E-state index contributed by atoms with van der Waals surface area (Å²) in [5.41, 5.74) is 2.64. The Morgan fingerprint density at radius 1 is 1.11 bits per heavy atom. The molecule has 0 bridgehead atoms. The molecule has 0 aliphatic heterocycles. The third-order valence-electron chi connectivity index (χ3n) is 2.84. The first-order valence-corrected chi connectivity index (χ1v) is 6.05. The molecule has 0 aliphatic carbocycles. The minimum absolute atomic E-state index is 0.205. The van der Waals surface area contributed by atoms with Crippen molar-refractivity contribution in [1.82, 2.24) is 9.97 Å². The summed E-state index contributed by atoms with van der Waals surface area (Å²) in [6.45, 7) is 2.17. The predicted molar refractivity (Wildman–Crippen MR) is 69.4 cm³/mol. The molecule has 0 aliphatic rings. The van der Waals surface area contributed by atoms with Gasteiger partial charge in [-0.3, -0.25) is 0 Å². The Morgan fingerprint density at radius 3 is 2.44 bits per heavy atom. The fraction of sp³-hybridized carbons (Fsp3) is 0.286. The first-order valence-electron chi connectivity index (χ1n) is 6.05. The van der Waals surface area contributed by atoms with Crippen LogP contribution >= 0.6 is 0 Å². The first-order chi connectivity index (χ1) is 8.70. The standard InChI is InChI=1S/C14H16N2O2/c1-2-3-4-10-5-7-11(8-6-10)12-9-15-14(18)16-13(12)17/h5-9H,2-4H2,1H3,(H2,15,16,17,18). The second-order valence-corrected chi connectivity index (χ2v) is 4.21. The molecule has 1 aromatic heterocycles. The zero-order valence-electron chi connectivity index (χ0n) is 10.3. The number of aromatic nitrogens is 2. The number of unbranched alkanes of at least 4 members (excludes halogenated alkanes) is 1. The van der Waals surface area contributed by atoms with Crippen molar-refractivity contribution >= 4 is 0 Å². The Bertz CT molecular complexity index is 524. The molecule has 2 rings (SSSR count). The average molecular weight is 244 g/mol. The molecular formula is C14H16N2O2. The molecule has 2 aromatic rings. The number of aryl methyl sites for hydroxylation is 1. The monoisotopic (exact) mass is 244 g/mol. The number of hydrogen-bond acceptors (Lipinski definition) is 4. The van der Waals surface area contributed by atoms with Crippen LogP contribution in [-0.2, 0) is 6.42 Å². The summed E-state index contributed by atoms with van der Waals surface area (Å²) >= 11 is 0. The van der Waals surface area contributed by atoms with Gasteiger partial charge >= 0.3 is 6.01 Å². The lowest BCUT2D eigenvalue weighted by atomic mass is 10.0. The van der Waals surface area contributed by atoms with Crippen molar-refractivity contribution in [3.05, 3.63) is 36.0 Å². The fourth-order valence-corrected chi connectivity index (χ4v) is 1.80. The molecule has 0 saturated heterocycles. The maximum atomic E-state index is 9.64. The Balaban J connectivity index is 2.23. The van der Waals surface area contributed by atoms with Crippen molar-refractivity contribution in [2.75, 3.05) is 0 Å². The quantitative estimate of drug-likeness (QED) is 0.867. The van der Waals surface area contributed by atoms with E-state index in [9.17, 15) is 5.11 Å². The van der Waals surface area contributed by atoms with Crippen molar-refractivity contribution in [2.24, 2.45) is 0 Å². The predicted octanol–water partition coefficient (Wildman–Crippen LogP) is 2.90. The number of nitrogens with zero attached hydrogens (tertiary/aromatic N) is 2. The van der Waals surface area contributed by atoms with Crippen LogP contribution in [0.25, 0.3) is 11.1 Å². The summed E-state index contributed by atoms with van der Waals surface area (Å²) in [5, 5.41) is 18.7. The van der Waals surface area contributed by atoms with Crippen LogP contribution in [0, 0.1) is 0 Å². The lowest BCUT2D eigenvalue weighted by Crippen LogP contribution is -1.88. The topological polar surface area (TPSA) is 66.2 Å². The van der Waals surface area contributed by atoms with Gasteiger partial charge in [0.2, 0.25) is 5.88 Å². The normalized spacial score (nSPS) is 10.5. The smallest absolute Gasteiger partial charge is 0.317 e. The van der Waals surface area contributed by atoms with Gasteiger partial charge in [0.25, 0.3) is 0 Å². The van der Waals surface area contributed by atoms with E-state index in [2.05, 4.69) is 16.9 Å². The van der Waals surface area contributed by atoms with E-state index >= 15 is 0 Å². The van der Waals surface area contributed by atoms with Crippen LogP contribution in [0.2, 0.25) is 0 Å². The van der Waals surface area contributed by atoms with Gasteiger partial charge in [-0.1, -0.05) is 37.6 Å². The summed E-state index contributed by atoms with van der Waals surface area (Å²) in [5.74, 6) is -0.205. The summed E-state index contributed by atoms with van der Waals surface area (Å²) in [4.78, 5) is 7.19. The van der Waals surface area contributed by atoms with Gasteiger partial charge in [-0.15, -0.1) is 0 Å². The average Bonchev–Trinajstić information content (AvgIpc) is 2.37. The maximum absolute atomic E-state index is 9.64. The maximum Gasteiger partial charge on any atom is 0.317 e. The van der Waals surface area contributed by atoms with Gasteiger partial charge in [-0.25, -0.2) is 4.98 Å². The molecule has 2 N–H and O–H groups in total. The van der Waals surface area contributed by atoms with Crippen molar-refractivity contribution in [2.45, 2.75) is 26.2 Å². The Hall–Kier alpha value is -2.10. The van der Waals surface area contributed by atoms with Crippen LogP contribution in [0.1, 0.15) is 25.3 Å². The molecule has 1 heterocycles. The SMILES string of the molecule is CCCCc1ccc(-c2cnc(O)nc2O)cc1. The van der Waals surface area contributed by atoms with E-state index in [-0.39, 0.29) is 5.88 Å². The summed E-state index contributed by atoms with van der Waals surface area (Å²) in [6.07, 6.45) is 4.83. The highest BCUT2D eigenvalue weighted by Gasteiger charge is 2.07. The molecule has 0 unspecified atom stereocenters. The van der Waals surface area contributed by atoms with Crippen LogP contribution < -0.4 is 0 Å². The summed E-state index contributed by atoms with van der Waals surface area (Å²) in [6, 6.07) is 7.52. The Labute approximate surface area is 106 Å². The minimum Gasteiger partial charge on any atom is -0.493 e. The second kappa shape index (κ2) is 5.49. The van der Waals surface area contributed by atoms with E-state index in [0.717, 1.165) is 12.0 Å². The van der Waals surface area contributed by atoms with Crippen LogP contribution in [0.4, 0.5) is 0 Å². The lowest BCUT2D eigenvalue weighted by Gasteiger charge is -2.05. The molecule has 4 heteroatoms. The molecule has 94 valence electrons. The molecule has 0 amide bonds. The molecule has 0 radical (unpaired) electrons. The van der Waals surface area contributed by atoms with E-state index in [0.29, 0.717) is 5.56 Å². The van der Waals surface area contributed by atoms with E-state index in [4.69, 9.17) is 5.11 Å². The van der Waals surface area contributed by atoms with E-state index in [1.807, 2.05) is 24.3 Å². The van der Waals surface area contributed by atoms with Crippen molar-refractivity contribution < 1.29 is 10.2 Å². The van der Waals surface area contributed by atoms with Crippen LogP contribution in [0.3, 0.4) is 0 Å². The van der Waals surface area contributed by atoms with Gasteiger partial charge < -0.3 is 10.2 Å². The van der Waals surface area contributed by atoms with Crippen LogP contribution in [-0.4, -0.2) is 20.2 Å². The van der Waals surface area contributed by atoms with E-state index < -0.39 is 6.01 Å². The van der Waals surface area contributed by atoms with Crippen LogP contribution in [0.15, 0.2) is 30.5 Å². The number of rotatable bonds is 4.